The molecule has 0 bridgehead atoms. The van der Waals surface area contributed by atoms with Crippen molar-refractivity contribution in [3.63, 3.8) is 0 Å². The number of anilines is 1. The van der Waals surface area contributed by atoms with Crippen molar-refractivity contribution in [2.45, 2.75) is 26.3 Å². The van der Waals surface area contributed by atoms with E-state index < -0.39 is 0 Å². The molecule has 1 saturated heterocycles. The summed E-state index contributed by atoms with van der Waals surface area (Å²) in [7, 11) is 4.33. The van der Waals surface area contributed by atoms with Gasteiger partial charge in [-0.2, -0.15) is 0 Å². The second kappa shape index (κ2) is 7.22. The maximum Gasteiger partial charge on any atom is 0.185 e. The average Bonchev–Trinajstić information content (AvgIpc) is 2.85. The van der Waals surface area contributed by atoms with Crippen LogP contribution in [0.2, 0.25) is 0 Å². The van der Waals surface area contributed by atoms with E-state index in [2.05, 4.69) is 41.5 Å². The van der Waals surface area contributed by atoms with Gasteiger partial charge in [0.2, 0.25) is 0 Å². The fraction of sp³-hybridized carbons (Fsp3) is 0.786. The molecule has 0 saturated carbocycles. The molecular weight excluding hydrogens is 256 g/mol. The fourth-order valence-corrected chi connectivity index (χ4v) is 3.48. The molecule has 1 fully saturated rings. The number of nitrogens with one attached hydrogen (secondary N) is 1. The Morgan fingerprint density at radius 3 is 2.79 bits per heavy atom. The number of nitrogens with zero attached hydrogens (tertiary/aromatic N) is 3. The monoisotopic (exact) mass is 282 g/mol. The minimum absolute atomic E-state index is 0.854. The Hall–Kier alpha value is -0.650. The number of rotatable bonds is 6. The first-order valence-electron chi connectivity index (χ1n) is 7.23. The van der Waals surface area contributed by atoms with E-state index in [0.717, 1.165) is 32.1 Å². The summed E-state index contributed by atoms with van der Waals surface area (Å²) in [5.41, 5.74) is 1.18. The predicted octanol–water partition coefficient (Wildman–Crippen LogP) is 2.03. The van der Waals surface area contributed by atoms with Crippen LogP contribution in [0.25, 0.3) is 0 Å². The van der Waals surface area contributed by atoms with Gasteiger partial charge in [0.05, 0.1) is 5.69 Å². The summed E-state index contributed by atoms with van der Waals surface area (Å²) >= 11 is 1.79. The van der Waals surface area contributed by atoms with Crippen LogP contribution in [-0.2, 0) is 6.54 Å². The third kappa shape index (κ3) is 4.44. The van der Waals surface area contributed by atoms with E-state index in [1.165, 1.54) is 30.2 Å². The van der Waals surface area contributed by atoms with Gasteiger partial charge in [-0.25, -0.2) is 4.98 Å². The van der Waals surface area contributed by atoms with Gasteiger partial charge in [-0.3, -0.25) is 0 Å². The molecule has 19 heavy (non-hydrogen) atoms. The first-order chi connectivity index (χ1) is 9.19. The van der Waals surface area contributed by atoms with Crippen LogP contribution in [0.1, 0.15) is 25.5 Å². The van der Waals surface area contributed by atoms with Crippen molar-refractivity contribution < 1.29 is 0 Å². The summed E-state index contributed by atoms with van der Waals surface area (Å²) in [4.78, 5) is 9.48. The summed E-state index contributed by atoms with van der Waals surface area (Å²) in [6, 6.07) is 0. The van der Waals surface area contributed by atoms with E-state index in [1.54, 1.807) is 11.3 Å². The van der Waals surface area contributed by atoms with Gasteiger partial charge in [0.25, 0.3) is 0 Å². The van der Waals surface area contributed by atoms with Crippen molar-refractivity contribution in [2.24, 2.45) is 5.92 Å². The quantitative estimate of drug-likeness (QED) is 0.865. The van der Waals surface area contributed by atoms with Gasteiger partial charge in [-0.1, -0.05) is 6.92 Å². The van der Waals surface area contributed by atoms with E-state index in [0.29, 0.717) is 0 Å². The van der Waals surface area contributed by atoms with Crippen molar-refractivity contribution in [3.05, 3.63) is 11.1 Å². The zero-order valence-corrected chi connectivity index (χ0v) is 13.2. The van der Waals surface area contributed by atoms with Gasteiger partial charge in [0.1, 0.15) is 0 Å². The maximum atomic E-state index is 4.73. The van der Waals surface area contributed by atoms with Crippen molar-refractivity contribution >= 4 is 16.5 Å². The number of hydrogen-bond donors (Lipinski definition) is 1. The first kappa shape index (κ1) is 14.8. The molecule has 0 atom stereocenters. The van der Waals surface area contributed by atoms with Crippen LogP contribution in [-0.4, -0.2) is 50.2 Å². The molecule has 5 heteroatoms. The second-order valence-corrected chi connectivity index (χ2v) is 6.43. The van der Waals surface area contributed by atoms with Crippen LogP contribution >= 0.6 is 11.3 Å². The van der Waals surface area contributed by atoms with Gasteiger partial charge in [-0.05, 0) is 39.4 Å². The van der Waals surface area contributed by atoms with E-state index >= 15 is 0 Å². The molecular formula is C14H26N4S. The van der Waals surface area contributed by atoms with Gasteiger partial charge in [0, 0.05) is 31.6 Å². The lowest BCUT2D eigenvalue weighted by molar-refractivity contribution is 0.285. The minimum atomic E-state index is 0.854. The molecule has 4 nitrogen and oxygen atoms in total. The molecule has 0 radical (unpaired) electrons. The molecule has 108 valence electrons. The lowest BCUT2D eigenvalue weighted by atomic mass is 9.97. The standard InChI is InChI=1S/C14H26N4S/c1-4-15-9-13-11-19-14(16-13)18-7-5-12(6-8-18)10-17(2)3/h11-12,15H,4-10H2,1-3H3. The molecule has 0 unspecified atom stereocenters. The molecule has 1 aromatic heterocycles. The van der Waals surface area contributed by atoms with Crippen molar-refractivity contribution in [3.8, 4) is 0 Å². The third-order valence-electron chi connectivity index (χ3n) is 3.60. The van der Waals surface area contributed by atoms with Crippen LogP contribution < -0.4 is 10.2 Å². The summed E-state index contributed by atoms with van der Waals surface area (Å²) in [5, 5.41) is 6.72. The average molecular weight is 282 g/mol. The zero-order chi connectivity index (χ0) is 13.7. The molecule has 1 aromatic rings. The third-order valence-corrected chi connectivity index (χ3v) is 4.55. The molecule has 0 spiro atoms. The van der Waals surface area contributed by atoms with Crippen molar-refractivity contribution in [1.82, 2.24) is 15.2 Å². The molecule has 2 rings (SSSR count). The van der Waals surface area contributed by atoms with Crippen LogP contribution in [0, 0.1) is 5.92 Å². The van der Waals surface area contributed by atoms with Gasteiger partial charge in [0.15, 0.2) is 5.13 Å². The van der Waals surface area contributed by atoms with Crippen molar-refractivity contribution in [2.75, 3.05) is 45.2 Å². The molecule has 1 aliphatic rings. The predicted molar refractivity (Wildman–Crippen MR) is 83.0 cm³/mol. The Balaban J connectivity index is 1.82. The molecule has 1 aliphatic heterocycles. The Morgan fingerprint density at radius 2 is 2.16 bits per heavy atom. The maximum absolute atomic E-state index is 4.73. The Bertz CT molecular complexity index is 369. The Labute approximate surface area is 120 Å². The smallest absolute Gasteiger partial charge is 0.185 e. The van der Waals surface area contributed by atoms with Crippen LogP contribution in [0.4, 0.5) is 5.13 Å². The molecule has 0 amide bonds. The molecule has 0 aliphatic carbocycles. The summed E-state index contributed by atoms with van der Waals surface area (Å²) in [6.45, 7) is 7.56. The highest BCUT2D eigenvalue weighted by Crippen LogP contribution is 2.26. The zero-order valence-electron chi connectivity index (χ0n) is 12.4. The van der Waals surface area contributed by atoms with Crippen LogP contribution in [0.5, 0.6) is 0 Å². The second-order valence-electron chi connectivity index (χ2n) is 5.59. The Morgan fingerprint density at radius 1 is 1.42 bits per heavy atom. The summed E-state index contributed by atoms with van der Waals surface area (Å²) in [5.74, 6) is 0.854. The molecule has 0 aromatic carbocycles. The highest BCUT2D eigenvalue weighted by molar-refractivity contribution is 7.13. The van der Waals surface area contributed by atoms with E-state index in [4.69, 9.17) is 4.98 Å². The fourth-order valence-electron chi connectivity index (χ4n) is 2.60. The normalized spacial score (nSPS) is 17.4. The lowest BCUT2D eigenvalue weighted by Gasteiger charge is -2.33. The van der Waals surface area contributed by atoms with E-state index in [-0.39, 0.29) is 0 Å². The number of aromatic nitrogens is 1. The molecule has 2 heterocycles. The topological polar surface area (TPSA) is 31.4 Å². The van der Waals surface area contributed by atoms with Crippen LogP contribution in [0.3, 0.4) is 0 Å². The van der Waals surface area contributed by atoms with Gasteiger partial charge >= 0.3 is 0 Å². The van der Waals surface area contributed by atoms with Crippen molar-refractivity contribution in [1.29, 1.82) is 0 Å². The first-order valence-corrected chi connectivity index (χ1v) is 8.11. The Kier molecular flexibility index (Phi) is 5.60. The number of hydrogen-bond acceptors (Lipinski definition) is 5. The van der Waals surface area contributed by atoms with Gasteiger partial charge in [-0.15, -0.1) is 11.3 Å². The summed E-state index contributed by atoms with van der Waals surface area (Å²) < 4.78 is 0. The number of thiazole rings is 1. The highest BCUT2D eigenvalue weighted by atomic mass is 32.1. The SMILES string of the molecule is CCNCc1csc(N2CCC(CN(C)C)CC2)n1. The van der Waals surface area contributed by atoms with Gasteiger partial charge < -0.3 is 15.1 Å². The van der Waals surface area contributed by atoms with Crippen LogP contribution in [0.15, 0.2) is 5.38 Å². The largest absolute Gasteiger partial charge is 0.348 e. The minimum Gasteiger partial charge on any atom is -0.348 e. The highest BCUT2D eigenvalue weighted by Gasteiger charge is 2.21. The summed E-state index contributed by atoms with van der Waals surface area (Å²) in [6.07, 6.45) is 2.58. The number of piperidine rings is 1. The molecule has 1 N–H and O–H groups in total. The van der Waals surface area contributed by atoms with E-state index in [1.807, 2.05) is 0 Å². The van der Waals surface area contributed by atoms with E-state index in [9.17, 15) is 0 Å². The lowest BCUT2D eigenvalue weighted by Crippen LogP contribution is -2.37.